The fourth-order valence-corrected chi connectivity index (χ4v) is 8.24. The summed E-state index contributed by atoms with van der Waals surface area (Å²) in [5.74, 6) is 2.15. The van der Waals surface area contributed by atoms with Gasteiger partial charge in [-0.05, 0) is 47.0 Å². The second kappa shape index (κ2) is 11.3. The van der Waals surface area contributed by atoms with Crippen molar-refractivity contribution in [3.8, 4) is 39.9 Å². The van der Waals surface area contributed by atoms with E-state index < -0.39 is 0 Å². The maximum Gasteiger partial charge on any atom is 0.167 e. The summed E-state index contributed by atoms with van der Waals surface area (Å²) in [6.07, 6.45) is 12.3. The molecule has 0 fully saturated rings. The number of fused-ring (bicyclic) bond motifs is 8. The summed E-state index contributed by atoms with van der Waals surface area (Å²) in [6, 6.07) is 46.3. The van der Waals surface area contributed by atoms with Crippen LogP contribution in [-0.2, 0) is 0 Å². The van der Waals surface area contributed by atoms with Crippen molar-refractivity contribution in [2.24, 2.45) is 5.92 Å². The monoisotopic (exact) mass is 666 g/mol. The fraction of sp³-hybridized carbons (Fsp3) is 0.0426. The third kappa shape index (κ3) is 4.32. The molecular weight excluding hydrogens is 637 g/mol. The standard InChI is InChI=1S/C47H30N4O/c1-2-15-31(16-3-1)45-48-46(37-22-12-21-35-34-19-9-11-24-41(34)52-44(35)37)50-47(49-45)43-33-18-7-5-14-30(33)26-28-40(43)51-38-23-10-8-20-36(38)42-32-17-6-4-13-29(32)25-27-39(42)51/h1-24,26-29H,25H2. The molecule has 5 heteroatoms. The van der Waals surface area contributed by atoms with Crippen molar-refractivity contribution in [1.29, 1.82) is 0 Å². The van der Waals surface area contributed by atoms with Crippen LogP contribution in [0.2, 0.25) is 0 Å². The lowest BCUT2D eigenvalue weighted by Crippen LogP contribution is -2.35. The molecule has 6 aromatic carbocycles. The molecule has 3 heterocycles. The van der Waals surface area contributed by atoms with E-state index in [2.05, 4.69) is 126 Å². The number of rotatable bonds is 4. The molecule has 0 spiro atoms. The van der Waals surface area contributed by atoms with Crippen LogP contribution in [-0.4, -0.2) is 19.5 Å². The number of aromatic nitrogens is 4. The minimum atomic E-state index is 0.369. The molecule has 0 radical (unpaired) electrons. The van der Waals surface area contributed by atoms with Gasteiger partial charge in [0, 0.05) is 32.9 Å². The summed E-state index contributed by atoms with van der Waals surface area (Å²) < 4.78 is 8.94. The van der Waals surface area contributed by atoms with Crippen LogP contribution in [0, 0.1) is 5.92 Å². The molecule has 11 rings (SSSR count). The predicted molar refractivity (Wildman–Crippen MR) is 211 cm³/mol. The maximum atomic E-state index is 6.51. The van der Waals surface area contributed by atoms with Gasteiger partial charge in [-0.25, -0.2) is 15.0 Å². The van der Waals surface area contributed by atoms with Gasteiger partial charge in [0.1, 0.15) is 11.2 Å². The molecule has 3 aromatic heterocycles. The van der Waals surface area contributed by atoms with Crippen molar-refractivity contribution >= 4 is 55.3 Å². The first-order valence-electron chi connectivity index (χ1n) is 17.7. The lowest BCUT2D eigenvalue weighted by molar-refractivity contribution is 0.669. The van der Waals surface area contributed by atoms with E-state index in [1.54, 1.807) is 0 Å². The Kier molecular flexibility index (Phi) is 6.31. The van der Waals surface area contributed by atoms with Crippen molar-refractivity contribution < 1.29 is 4.42 Å². The van der Waals surface area contributed by atoms with Crippen LogP contribution < -0.4 is 10.6 Å². The van der Waals surface area contributed by atoms with E-state index in [0.717, 1.165) is 67.0 Å². The van der Waals surface area contributed by atoms with Crippen molar-refractivity contribution in [1.82, 2.24) is 19.5 Å². The molecule has 0 aliphatic heterocycles. The Morgan fingerprint density at radius 2 is 1.35 bits per heavy atom. The summed E-state index contributed by atoms with van der Waals surface area (Å²) in [5, 5.41) is 8.03. The van der Waals surface area contributed by atoms with E-state index >= 15 is 0 Å². The molecule has 1 unspecified atom stereocenters. The number of para-hydroxylation sites is 3. The number of hydrogen-bond donors (Lipinski definition) is 0. The number of nitrogens with zero attached hydrogens (tertiary/aromatic N) is 4. The highest BCUT2D eigenvalue weighted by Gasteiger charge is 2.25. The number of allylic oxidation sites excluding steroid dienone is 4. The van der Waals surface area contributed by atoms with Crippen molar-refractivity contribution in [2.45, 2.75) is 6.42 Å². The van der Waals surface area contributed by atoms with E-state index in [0.29, 0.717) is 23.4 Å². The van der Waals surface area contributed by atoms with Crippen LogP contribution in [0.5, 0.6) is 0 Å². The zero-order valence-electron chi connectivity index (χ0n) is 28.1. The minimum Gasteiger partial charge on any atom is -0.455 e. The molecule has 0 saturated carbocycles. The SMILES string of the molecule is C1=CC2=c3c(n(-c4ccc5ccccc5c4-c4nc(-c5ccccc5)nc(-c5cccc6c5oc5ccccc56)n4)c4ccccc34)=CCC2C=C1. The van der Waals surface area contributed by atoms with E-state index in [1.807, 2.05) is 42.5 Å². The summed E-state index contributed by atoms with van der Waals surface area (Å²) >= 11 is 0. The molecule has 2 aliphatic rings. The molecule has 0 saturated heterocycles. The number of furan rings is 1. The van der Waals surface area contributed by atoms with Crippen molar-refractivity contribution in [2.75, 3.05) is 0 Å². The van der Waals surface area contributed by atoms with Gasteiger partial charge in [0.2, 0.25) is 0 Å². The topological polar surface area (TPSA) is 56.7 Å². The van der Waals surface area contributed by atoms with Gasteiger partial charge in [-0.1, -0.05) is 140 Å². The maximum absolute atomic E-state index is 6.51. The molecule has 0 amide bonds. The fourth-order valence-electron chi connectivity index (χ4n) is 8.24. The Morgan fingerprint density at radius 3 is 2.27 bits per heavy atom. The molecule has 9 aromatic rings. The van der Waals surface area contributed by atoms with Crippen molar-refractivity contribution in [3.05, 3.63) is 168 Å². The summed E-state index contributed by atoms with van der Waals surface area (Å²) in [4.78, 5) is 15.8. The highest BCUT2D eigenvalue weighted by Crippen LogP contribution is 2.39. The molecule has 0 bridgehead atoms. The third-order valence-corrected chi connectivity index (χ3v) is 10.6. The van der Waals surface area contributed by atoms with Crippen LogP contribution in [0.25, 0.3) is 95.1 Å². The summed E-state index contributed by atoms with van der Waals surface area (Å²) in [7, 11) is 0. The van der Waals surface area contributed by atoms with Gasteiger partial charge in [-0.3, -0.25) is 0 Å². The van der Waals surface area contributed by atoms with Gasteiger partial charge >= 0.3 is 0 Å². The summed E-state index contributed by atoms with van der Waals surface area (Å²) in [5.41, 5.74) is 7.85. The molecule has 1 atom stereocenters. The first-order chi connectivity index (χ1) is 25.8. The zero-order valence-corrected chi connectivity index (χ0v) is 28.1. The lowest BCUT2D eigenvalue weighted by atomic mass is 9.87. The van der Waals surface area contributed by atoms with Crippen LogP contribution in [0.4, 0.5) is 0 Å². The summed E-state index contributed by atoms with van der Waals surface area (Å²) in [6.45, 7) is 0. The second-order valence-corrected chi connectivity index (χ2v) is 13.5. The molecule has 5 nitrogen and oxygen atoms in total. The Bertz CT molecular complexity index is 3110. The van der Waals surface area contributed by atoms with E-state index in [-0.39, 0.29) is 0 Å². The number of hydrogen-bond acceptors (Lipinski definition) is 4. The Labute approximate surface area is 298 Å². The normalized spacial score (nSPS) is 15.0. The van der Waals surface area contributed by atoms with Gasteiger partial charge in [-0.15, -0.1) is 0 Å². The van der Waals surface area contributed by atoms with E-state index in [4.69, 9.17) is 19.4 Å². The molecule has 52 heavy (non-hydrogen) atoms. The van der Waals surface area contributed by atoms with Crippen LogP contribution in [0.1, 0.15) is 6.42 Å². The van der Waals surface area contributed by atoms with E-state index in [1.165, 1.54) is 21.5 Å². The predicted octanol–water partition coefficient (Wildman–Crippen LogP) is 9.95. The van der Waals surface area contributed by atoms with Gasteiger partial charge in [0.05, 0.1) is 27.7 Å². The first-order valence-corrected chi connectivity index (χ1v) is 17.7. The average molecular weight is 667 g/mol. The third-order valence-electron chi connectivity index (χ3n) is 10.6. The average Bonchev–Trinajstić information content (AvgIpc) is 3.77. The molecule has 244 valence electrons. The largest absolute Gasteiger partial charge is 0.455 e. The van der Waals surface area contributed by atoms with Crippen molar-refractivity contribution in [3.63, 3.8) is 0 Å². The van der Waals surface area contributed by atoms with Crippen LogP contribution >= 0.6 is 0 Å². The molecule has 0 N–H and O–H groups in total. The Morgan fingerprint density at radius 1 is 0.596 bits per heavy atom. The minimum absolute atomic E-state index is 0.369. The van der Waals surface area contributed by atoms with Gasteiger partial charge in [-0.2, -0.15) is 0 Å². The highest BCUT2D eigenvalue weighted by molar-refractivity contribution is 6.09. The number of benzene rings is 6. The Balaban J connectivity index is 1.26. The van der Waals surface area contributed by atoms with Crippen LogP contribution in [0.15, 0.2) is 162 Å². The van der Waals surface area contributed by atoms with Gasteiger partial charge in [0.25, 0.3) is 0 Å². The van der Waals surface area contributed by atoms with Gasteiger partial charge in [0.15, 0.2) is 17.5 Å². The lowest BCUT2D eigenvalue weighted by Gasteiger charge is -2.20. The van der Waals surface area contributed by atoms with E-state index in [9.17, 15) is 0 Å². The van der Waals surface area contributed by atoms with Gasteiger partial charge < -0.3 is 8.98 Å². The highest BCUT2D eigenvalue weighted by atomic mass is 16.3. The molecule has 2 aliphatic carbocycles. The Hall–Kier alpha value is -6.85. The second-order valence-electron chi connectivity index (χ2n) is 13.5. The zero-order chi connectivity index (χ0) is 34.2. The smallest absolute Gasteiger partial charge is 0.167 e. The first kappa shape index (κ1) is 28.9. The molecular formula is C47H30N4O. The van der Waals surface area contributed by atoms with Crippen LogP contribution in [0.3, 0.4) is 0 Å². The quantitative estimate of drug-likeness (QED) is 0.188.